The van der Waals surface area contributed by atoms with Crippen LogP contribution in [0.4, 0.5) is 0 Å². The average molecular weight is 368 g/mol. The molecule has 2 heterocycles. The van der Waals surface area contributed by atoms with Crippen molar-refractivity contribution in [2.75, 3.05) is 6.61 Å². The molecule has 3 aromatic rings. The number of benzene rings is 2. The Bertz CT molecular complexity index is 1020. The van der Waals surface area contributed by atoms with Crippen molar-refractivity contribution in [2.24, 2.45) is 0 Å². The first-order valence-corrected chi connectivity index (χ1v) is 8.53. The van der Waals surface area contributed by atoms with Gasteiger partial charge in [-0.15, -0.1) is 0 Å². The summed E-state index contributed by atoms with van der Waals surface area (Å²) in [6, 6.07) is 16.2. The van der Waals surface area contributed by atoms with Crippen LogP contribution in [0.1, 0.15) is 16.8 Å². The summed E-state index contributed by atoms with van der Waals surface area (Å²) in [6.07, 6.45) is -0.497. The fourth-order valence-electron chi connectivity index (χ4n) is 2.93. The lowest BCUT2D eigenvalue weighted by Gasteiger charge is -2.12. The van der Waals surface area contributed by atoms with Gasteiger partial charge in [0.1, 0.15) is 0 Å². The van der Waals surface area contributed by atoms with E-state index in [1.807, 2.05) is 36.4 Å². The Morgan fingerprint density at radius 2 is 1.92 bits per heavy atom. The number of rotatable bonds is 3. The van der Waals surface area contributed by atoms with Gasteiger partial charge in [-0.1, -0.05) is 48.0 Å². The number of hydrogen-bond donors (Lipinski definition) is 0. The van der Waals surface area contributed by atoms with Crippen LogP contribution in [0, 0.1) is 0 Å². The van der Waals surface area contributed by atoms with Gasteiger partial charge in [0.15, 0.2) is 0 Å². The van der Waals surface area contributed by atoms with Crippen molar-refractivity contribution < 1.29 is 19.1 Å². The summed E-state index contributed by atoms with van der Waals surface area (Å²) in [4.78, 5) is 29.0. The molecule has 1 aliphatic heterocycles. The number of pyridine rings is 1. The maximum atomic E-state index is 12.7. The van der Waals surface area contributed by atoms with Crippen LogP contribution >= 0.6 is 11.6 Å². The Morgan fingerprint density at radius 1 is 1.15 bits per heavy atom. The van der Waals surface area contributed by atoms with Gasteiger partial charge in [-0.3, -0.25) is 0 Å². The van der Waals surface area contributed by atoms with Crippen molar-refractivity contribution in [3.8, 4) is 11.3 Å². The van der Waals surface area contributed by atoms with Gasteiger partial charge in [0.25, 0.3) is 0 Å². The van der Waals surface area contributed by atoms with Crippen molar-refractivity contribution in [1.82, 2.24) is 4.98 Å². The molecule has 0 aliphatic carbocycles. The zero-order valence-corrected chi connectivity index (χ0v) is 14.4. The van der Waals surface area contributed by atoms with Gasteiger partial charge >= 0.3 is 11.9 Å². The molecule has 6 heteroatoms. The van der Waals surface area contributed by atoms with E-state index >= 15 is 0 Å². The zero-order chi connectivity index (χ0) is 18.1. The summed E-state index contributed by atoms with van der Waals surface area (Å²) in [5.74, 6) is -1.09. The number of hydrogen-bond acceptors (Lipinski definition) is 5. The Labute approximate surface area is 154 Å². The van der Waals surface area contributed by atoms with Gasteiger partial charge in [0.05, 0.1) is 23.4 Å². The summed E-state index contributed by atoms with van der Waals surface area (Å²) in [5.41, 5.74) is 2.26. The number of fused-ring (bicyclic) bond motifs is 1. The molecule has 1 aromatic heterocycles. The minimum absolute atomic E-state index is 0.263. The highest BCUT2D eigenvalue weighted by Gasteiger charge is 2.31. The third-order valence-corrected chi connectivity index (χ3v) is 4.55. The monoisotopic (exact) mass is 367 g/mol. The Morgan fingerprint density at radius 3 is 2.69 bits per heavy atom. The topological polar surface area (TPSA) is 65.5 Å². The lowest BCUT2D eigenvalue weighted by atomic mass is 10.0. The lowest BCUT2D eigenvalue weighted by molar-refractivity contribution is -0.145. The number of para-hydroxylation sites is 1. The summed E-state index contributed by atoms with van der Waals surface area (Å²) < 4.78 is 10.2. The number of cyclic esters (lactones) is 1. The van der Waals surface area contributed by atoms with Crippen LogP contribution < -0.4 is 0 Å². The fraction of sp³-hybridized carbons (Fsp3) is 0.150. The Balaban J connectivity index is 1.81. The van der Waals surface area contributed by atoms with Crippen LogP contribution in [-0.4, -0.2) is 29.6 Å². The molecule has 5 nitrogen and oxygen atoms in total. The number of carbonyl (C=O) groups excluding carboxylic acids is 2. The molecule has 130 valence electrons. The molecule has 0 N–H and O–H groups in total. The maximum Gasteiger partial charge on any atom is 0.347 e. The smallest absolute Gasteiger partial charge is 0.347 e. The second-order valence-electron chi connectivity index (χ2n) is 5.90. The SMILES string of the molecule is O=C(O[C@@H]1CCOC1=O)c1cc(-c2ccccc2Cl)nc2ccccc12. The van der Waals surface area contributed by atoms with E-state index in [1.54, 1.807) is 18.2 Å². The normalized spacial score (nSPS) is 16.5. The van der Waals surface area contributed by atoms with E-state index in [1.165, 1.54) is 0 Å². The molecular formula is C20H14ClNO4. The molecule has 0 bridgehead atoms. The predicted octanol–water partition coefficient (Wildman–Crippen LogP) is 4.03. The zero-order valence-electron chi connectivity index (χ0n) is 13.6. The van der Waals surface area contributed by atoms with Gasteiger partial charge in [-0.25, -0.2) is 14.6 Å². The van der Waals surface area contributed by atoms with E-state index in [-0.39, 0.29) is 6.61 Å². The van der Waals surface area contributed by atoms with Gasteiger partial charge in [0.2, 0.25) is 6.10 Å². The minimum Gasteiger partial charge on any atom is -0.463 e. The molecule has 1 atom stereocenters. The van der Waals surface area contributed by atoms with E-state index in [4.69, 9.17) is 21.1 Å². The first-order valence-electron chi connectivity index (χ1n) is 8.16. The Hall–Kier alpha value is -2.92. The summed E-state index contributed by atoms with van der Waals surface area (Å²) in [5, 5.41) is 1.19. The van der Waals surface area contributed by atoms with Crippen molar-refractivity contribution in [3.05, 3.63) is 65.2 Å². The molecule has 2 aromatic carbocycles. The van der Waals surface area contributed by atoms with Gasteiger partial charge in [0, 0.05) is 22.4 Å². The van der Waals surface area contributed by atoms with E-state index < -0.39 is 18.0 Å². The number of halogens is 1. The molecule has 1 aliphatic rings. The van der Waals surface area contributed by atoms with Crippen LogP contribution in [0.15, 0.2) is 54.6 Å². The van der Waals surface area contributed by atoms with Gasteiger partial charge < -0.3 is 9.47 Å². The standard InChI is InChI=1S/C20H14ClNO4/c21-15-7-3-1-6-13(15)17-11-14(12-5-2-4-8-16(12)22-17)19(23)26-18-9-10-25-20(18)24/h1-8,11,18H,9-10H2/t18-/m1/s1. The van der Waals surface area contributed by atoms with Crippen molar-refractivity contribution in [2.45, 2.75) is 12.5 Å². The second kappa shape index (κ2) is 6.77. The minimum atomic E-state index is -0.863. The number of esters is 2. The summed E-state index contributed by atoms with van der Waals surface area (Å²) in [6.45, 7) is 0.263. The van der Waals surface area contributed by atoms with Crippen LogP contribution in [0.2, 0.25) is 5.02 Å². The predicted molar refractivity (Wildman–Crippen MR) is 97.0 cm³/mol. The quantitative estimate of drug-likeness (QED) is 0.654. The molecule has 0 unspecified atom stereocenters. The third kappa shape index (κ3) is 3.02. The largest absolute Gasteiger partial charge is 0.463 e. The molecule has 0 spiro atoms. The van der Waals surface area contributed by atoms with E-state index in [2.05, 4.69) is 4.98 Å². The first-order chi connectivity index (χ1) is 12.6. The molecule has 0 amide bonds. The first kappa shape index (κ1) is 16.5. The van der Waals surface area contributed by atoms with Crippen LogP contribution in [0.5, 0.6) is 0 Å². The van der Waals surface area contributed by atoms with Crippen LogP contribution in [-0.2, 0) is 14.3 Å². The van der Waals surface area contributed by atoms with Crippen molar-refractivity contribution in [3.63, 3.8) is 0 Å². The highest BCUT2D eigenvalue weighted by Crippen LogP contribution is 2.30. The molecule has 1 saturated heterocycles. The second-order valence-corrected chi connectivity index (χ2v) is 6.31. The van der Waals surface area contributed by atoms with Crippen molar-refractivity contribution >= 4 is 34.4 Å². The molecule has 0 radical (unpaired) electrons. The highest BCUT2D eigenvalue weighted by molar-refractivity contribution is 6.33. The fourth-order valence-corrected chi connectivity index (χ4v) is 3.16. The molecule has 0 saturated carbocycles. The third-order valence-electron chi connectivity index (χ3n) is 4.22. The Kier molecular flexibility index (Phi) is 4.31. The summed E-state index contributed by atoms with van der Waals surface area (Å²) in [7, 11) is 0. The molecule has 1 fully saturated rings. The number of aromatic nitrogens is 1. The van der Waals surface area contributed by atoms with E-state index in [0.29, 0.717) is 39.2 Å². The van der Waals surface area contributed by atoms with Crippen molar-refractivity contribution in [1.29, 1.82) is 0 Å². The van der Waals surface area contributed by atoms with Gasteiger partial charge in [-0.2, -0.15) is 0 Å². The number of nitrogens with zero attached hydrogens (tertiary/aromatic N) is 1. The van der Waals surface area contributed by atoms with E-state index in [0.717, 1.165) is 0 Å². The van der Waals surface area contributed by atoms with Gasteiger partial charge in [-0.05, 0) is 18.2 Å². The molecule has 26 heavy (non-hydrogen) atoms. The van der Waals surface area contributed by atoms with Crippen LogP contribution in [0.3, 0.4) is 0 Å². The highest BCUT2D eigenvalue weighted by atomic mass is 35.5. The lowest BCUT2D eigenvalue weighted by Crippen LogP contribution is -2.23. The summed E-state index contributed by atoms with van der Waals surface area (Å²) >= 11 is 6.28. The maximum absolute atomic E-state index is 12.7. The van der Waals surface area contributed by atoms with E-state index in [9.17, 15) is 9.59 Å². The number of carbonyl (C=O) groups is 2. The molecule has 4 rings (SSSR count). The average Bonchev–Trinajstić information content (AvgIpc) is 3.06. The number of ether oxygens (including phenoxy) is 2. The van der Waals surface area contributed by atoms with Crippen LogP contribution in [0.25, 0.3) is 22.2 Å². The molecular weight excluding hydrogens is 354 g/mol.